The molecule has 6 heteroatoms. The summed E-state index contributed by atoms with van der Waals surface area (Å²) in [6, 6.07) is 8.87. The molecule has 1 aliphatic heterocycles. The van der Waals surface area contributed by atoms with Crippen molar-refractivity contribution in [3.05, 3.63) is 35.4 Å². The van der Waals surface area contributed by atoms with E-state index in [1.54, 1.807) is 0 Å². The van der Waals surface area contributed by atoms with Crippen LogP contribution in [-0.2, 0) is 17.8 Å². The minimum Gasteiger partial charge on any atom is -0.370 e. The summed E-state index contributed by atoms with van der Waals surface area (Å²) < 4.78 is 0. The number of rotatable bonds is 5. The zero-order chi connectivity index (χ0) is 18.2. The van der Waals surface area contributed by atoms with Gasteiger partial charge in [0.05, 0.1) is 0 Å². The first-order chi connectivity index (χ1) is 12.7. The Morgan fingerprint density at radius 3 is 2.59 bits per heavy atom. The van der Waals surface area contributed by atoms with Crippen LogP contribution < -0.4 is 11.1 Å². The van der Waals surface area contributed by atoms with E-state index >= 15 is 0 Å². The van der Waals surface area contributed by atoms with Crippen molar-refractivity contribution >= 4 is 35.8 Å². The summed E-state index contributed by atoms with van der Waals surface area (Å²) in [6.45, 7) is 2.18. The third-order valence-corrected chi connectivity index (χ3v) is 5.52. The van der Waals surface area contributed by atoms with Gasteiger partial charge in [-0.05, 0) is 36.8 Å². The number of guanidine groups is 1. The molecule has 0 atom stereocenters. The molecule has 0 radical (unpaired) electrons. The first-order valence-corrected chi connectivity index (χ1v) is 10.1. The van der Waals surface area contributed by atoms with Gasteiger partial charge >= 0.3 is 0 Å². The maximum atomic E-state index is 12.4. The van der Waals surface area contributed by atoms with Gasteiger partial charge in [0.25, 0.3) is 0 Å². The van der Waals surface area contributed by atoms with Crippen LogP contribution in [-0.4, -0.2) is 35.9 Å². The van der Waals surface area contributed by atoms with E-state index in [0.29, 0.717) is 25.0 Å². The average Bonchev–Trinajstić information content (AvgIpc) is 2.93. The number of hydrogen-bond donors (Lipinski definition) is 2. The first kappa shape index (κ1) is 22.0. The molecule has 1 aromatic rings. The third-order valence-electron chi connectivity index (χ3n) is 5.52. The molecule has 1 aliphatic carbocycles. The number of nitrogens with one attached hydrogen (secondary N) is 1. The summed E-state index contributed by atoms with van der Waals surface area (Å²) in [5.74, 6) is 0.765. The van der Waals surface area contributed by atoms with Gasteiger partial charge in [-0.2, -0.15) is 0 Å². The van der Waals surface area contributed by atoms with E-state index in [9.17, 15) is 4.79 Å². The fourth-order valence-corrected chi connectivity index (χ4v) is 3.97. The summed E-state index contributed by atoms with van der Waals surface area (Å²) in [5.41, 5.74) is 8.67. The number of carbonyl (C=O) groups is 1. The highest BCUT2D eigenvalue weighted by molar-refractivity contribution is 14.0. The number of fused-ring (bicyclic) bond motifs is 1. The number of hydrogen-bond acceptors (Lipinski definition) is 2. The van der Waals surface area contributed by atoms with Crippen molar-refractivity contribution in [3.8, 4) is 0 Å². The maximum absolute atomic E-state index is 12.4. The fraction of sp³-hybridized carbons (Fsp3) is 0.619. The molecular formula is C21H33IN4O. The van der Waals surface area contributed by atoms with Gasteiger partial charge in [0.15, 0.2) is 5.96 Å². The average molecular weight is 484 g/mol. The van der Waals surface area contributed by atoms with E-state index in [-0.39, 0.29) is 29.9 Å². The summed E-state index contributed by atoms with van der Waals surface area (Å²) in [4.78, 5) is 18.8. The van der Waals surface area contributed by atoms with Crippen LogP contribution in [0, 0.1) is 0 Å². The van der Waals surface area contributed by atoms with Crippen LogP contribution in [0.2, 0.25) is 0 Å². The van der Waals surface area contributed by atoms with Gasteiger partial charge < -0.3 is 16.0 Å². The monoisotopic (exact) mass is 484 g/mol. The fourth-order valence-electron chi connectivity index (χ4n) is 3.97. The van der Waals surface area contributed by atoms with Crippen molar-refractivity contribution in [1.29, 1.82) is 0 Å². The molecular weight excluding hydrogens is 451 g/mol. The number of carbonyl (C=O) groups excluding carboxylic acids is 1. The lowest BCUT2D eigenvalue weighted by molar-refractivity contribution is -0.132. The molecule has 3 N–H and O–H groups in total. The van der Waals surface area contributed by atoms with Gasteiger partial charge in [-0.15, -0.1) is 24.0 Å². The second kappa shape index (κ2) is 11.5. The van der Waals surface area contributed by atoms with E-state index in [0.717, 1.165) is 25.9 Å². The molecule has 0 bridgehead atoms. The number of nitrogens with zero attached hydrogens (tertiary/aromatic N) is 2. The Morgan fingerprint density at radius 1 is 1.15 bits per heavy atom. The standard InChI is InChI=1S/C21H32N4O.HI/c22-21(24-19-10-3-1-2-4-11-19)23-14-7-12-20(26)25-15-13-17-8-5-6-9-18(17)16-25;/h5-6,8-9,19H,1-4,7,10-16H2,(H3,22,23,24);1H. The Morgan fingerprint density at radius 2 is 1.85 bits per heavy atom. The van der Waals surface area contributed by atoms with Gasteiger partial charge in [-0.1, -0.05) is 49.9 Å². The largest absolute Gasteiger partial charge is 0.370 e. The molecule has 5 nitrogen and oxygen atoms in total. The van der Waals surface area contributed by atoms with Crippen LogP contribution in [0.3, 0.4) is 0 Å². The van der Waals surface area contributed by atoms with Gasteiger partial charge in [0, 0.05) is 32.1 Å². The summed E-state index contributed by atoms with van der Waals surface area (Å²) in [5, 5.41) is 3.35. The zero-order valence-corrected chi connectivity index (χ0v) is 18.5. The topological polar surface area (TPSA) is 70.7 Å². The first-order valence-electron chi connectivity index (χ1n) is 10.1. The predicted octanol–water partition coefficient (Wildman–Crippen LogP) is 3.60. The smallest absolute Gasteiger partial charge is 0.222 e. The highest BCUT2D eigenvalue weighted by Gasteiger charge is 2.19. The minimum atomic E-state index is 0. The SMILES string of the molecule is I.NC(=NCCCC(=O)N1CCc2ccccc2C1)NC1CCCCCC1. The van der Waals surface area contributed by atoms with Crippen molar-refractivity contribution in [2.45, 2.75) is 70.4 Å². The maximum Gasteiger partial charge on any atom is 0.222 e. The Kier molecular flexibility index (Phi) is 9.38. The van der Waals surface area contributed by atoms with Crippen molar-refractivity contribution < 1.29 is 4.79 Å². The third kappa shape index (κ3) is 6.97. The Balaban J connectivity index is 0.00000261. The summed E-state index contributed by atoms with van der Waals surface area (Å²) >= 11 is 0. The second-order valence-electron chi connectivity index (χ2n) is 7.54. The molecule has 0 unspecified atom stereocenters. The molecule has 2 aliphatic rings. The van der Waals surface area contributed by atoms with Crippen LogP contribution in [0.5, 0.6) is 0 Å². The van der Waals surface area contributed by atoms with Crippen LogP contribution in [0.4, 0.5) is 0 Å². The molecule has 150 valence electrons. The zero-order valence-electron chi connectivity index (χ0n) is 16.2. The minimum absolute atomic E-state index is 0. The molecule has 0 saturated heterocycles. The number of benzene rings is 1. The number of amides is 1. The normalized spacial score (nSPS) is 18.2. The number of aliphatic imine (C=N–C) groups is 1. The van der Waals surface area contributed by atoms with Crippen LogP contribution in [0.15, 0.2) is 29.3 Å². The van der Waals surface area contributed by atoms with Gasteiger partial charge in [0.1, 0.15) is 0 Å². The number of nitrogens with two attached hydrogens (primary N) is 1. The highest BCUT2D eigenvalue weighted by Crippen LogP contribution is 2.19. The van der Waals surface area contributed by atoms with Crippen molar-refractivity contribution in [1.82, 2.24) is 10.2 Å². The second-order valence-corrected chi connectivity index (χ2v) is 7.54. The van der Waals surface area contributed by atoms with E-state index < -0.39 is 0 Å². The van der Waals surface area contributed by atoms with E-state index in [4.69, 9.17) is 5.73 Å². The van der Waals surface area contributed by atoms with Crippen molar-refractivity contribution in [2.24, 2.45) is 10.7 Å². The van der Waals surface area contributed by atoms with Crippen LogP contribution in [0.25, 0.3) is 0 Å². The summed E-state index contributed by atoms with van der Waals surface area (Å²) in [7, 11) is 0. The lowest BCUT2D eigenvalue weighted by atomic mass is 9.99. The molecule has 1 saturated carbocycles. The van der Waals surface area contributed by atoms with Crippen LogP contribution in [0.1, 0.15) is 62.5 Å². The predicted molar refractivity (Wildman–Crippen MR) is 121 cm³/mol. The molecule has 0 spiro atoms. The van der Waals surface area contributed by atoms with E-state index in [1.807, 2.05) is 11.0 Å². The van der Waals surface area contributed by atoms with E-state index in [1.165, 1.54) is 49.7 Å². The molecule has 1 amide bonds. The van der Waals surface area contributed by atoms with Crippen molar-refractivity contribution in [2.75, 3.05) is 13.1 Å². The van der Waals surface area contributed by atoms with E-state index in [2.05, 4.69) is 28.5 Å². The van der Waals surface area contributed by atoms with Gasteiger partial charge in [0.2, 0.25) is 5.91 Å². The Hall–Kier alpha value is -1.31. The van der Waals surface area contributed by atoms with Crippen molar-refractivity contribution in [3.63, 3.8) is 0 Å². The molecule has 27 heavy (non-hydrogen) atoms. The molecule has 0 aromatic heterocycles. The Labute approximate surface area is 180 Å². The Bertz CT molecular complexity index is 626. The van der Waals surface area contributed by atoms with Gasteiger partial charge in [-0.3, -0.25) is 9.79 Å². The number of halogens is 1. The van der Waals surface area contributed by atoms with Gasteiger partial charge in [-0.25, -0.2) is 0 Å². The van der Waals surface area contributed by atoms with Crippen LogP contribution >= 0.6 is 24.0 Å². The summed E-state index contributed by atoms with van der Waals surface area (Å²) in [6.07, 6.45) is 9.84. The quantitative estimate of drug-likeness (QED) is 0.221. The molecule has 1 heterocycles. The lowest BCUT2D eigenvalue weighted by Gasteiger charge is -2.28. The lowest BCUT2D eigenvalue weighted by Crippen LogP contribution is -2.40. The molecule has 1 aromatic carbocycles. The highest BCUT2D eigenvalue weighted by atomic mass is 127. The molecule has 3 rings (SSSR count). The molecule has 1 fully saturated rings.